The summed E-state index contributed by atoms with van der Waals surface area (Å²) in [5, 5.41) is 9.44. The van der Waals surface area contributed by atoms with Crippen LogP contribution in [0.25, 0.3) is 0 Å². The van der Waals surface area contributed by atoms with Crippen molar-refractivity contribution in [3.63, 3.8) is 0 Å². The highest BCUT2D eigenvalue weighted by molar-refractivity contribution is 5.30. The molecule has 0 radical (unpaired) electrons. The Balaban J connectivity index is 1.68. The normalized spacial score (nSPS) is 26.1. The molecule has 0 aromatic heterocycles. The summed E-state index contributed by atoms with van der Waals surface area (Å²) in [5.41, 5.74) is 0.566. The fourth-order valence-corrected chi connectivity index (χ4v) is 3.06. The van der Waals surface area contributed by atoms with Crippen LogP contribution >= 0.6 is 0 Å². The Morgan fingerprint density at radius 2 is 2.25 bits per heavy atom. The molecule has 2 fully saturated rings. The van der Waals surface area contributed by atoms with Gasteiger partial charge in [-0.3, -0.25) is 0 Å². The van der Waals surface area contributed by atoms with Crippen molar-refractivity contribution in [3.8, 4) is 5.75 Å². The van der Waals surface area contributed by atoms with E-state index in [2.05, 4.69) is 0 Å². The third kappa shape index (κ3) is 2.67. The SMILES string of the molecule is C[C@@H](O)c1ccc(OC2CCOC3(CCC3)C2)c(F)c1. The van der Waals surface area contributed by atoms with Crippen LogP contribution in [0.4, 0.5) is 4.39 Å². The van der Waals surface area contributed by atoms with Crippen LogP contribution in [0, 0.1) is 5.82 Å². The van der Waals surface area contributed by atoms with Crippen molar-refractivity contribution in [2.24, 2.45) is 0 Å². The van der Waals surface area contributed by atoms with Crippen LogP contribution in [0.2, 0.25) is 0 Å². The third-order valence-electron chi connectivity index (χ3n) is 4.44. The van der Waals surface area contributed by atoms with E-state index in [-0.39, 0.29) is 17.5 Å². The molecule has 1 aromatic carbocycles. The van der Waals surface area contributed by atoms with E-state index in [4.69, 9.17) is 9.47 Å². The van der Waals surface area contributed by atoms with E-state index in [1.807, 2.05) is 0 Å². The van der Waals surface area contributed by atoms with Gasteiger partial charge in [0.25, 0.3) is 0 Å². The van der Waals surface area contributed by atoms with Crippen molar-refractivity contribution >= 4 is 0 Å². The van der Waals surface area contributed by atoms with Crippen LogP contribution in [0.5, 0.6) is 5.75 Å². The minimum Gasteiger partial charge on any atom is -0.487 e. The smallest absolute Gasteiger partial charge is 0.165 e. The Hall–Kier alpha value is -1.13. The van der Waals surface area contributed by atoms with Crippen molar-refractivity contribution in [1.29, 1.82) is 0 Å². The molecule has 1 unspecified atom stereocenters. The predicted octanol–water partition coefficient (Wildman–Crippen LogP) is 3.36. The van der Waals surface area contributed by atoms with Crippen LogP contribution in [0.15, 0.2) is 18.2 Å². The molecule has 1 N–H and O–H groups in total. The molecule has 1 aliphatic heterocycles. The molecule has 1 spiro atoms. The molecule has 1 saturated heterocycles. The zero-order valence-corrected chi connectivity index (χ0v) is 11.8. The van der Waals surface area contributed by atoms with Gasteiger partial charge in [0.2, 0.25) is 0 Å². The molecular formula is C16H21FO3. The highest BCUT2D eigenvalue weighted by Gasteiger charge is 2.43. The van der Waals surface area contributed by atoms with Crippen molar-refractivity contribution in [2.75, 3.05) is 6.61 Å². The fourth-order valence-electron chi connectivity index (χ4n) is 3.06. The molecule has 2 atom stereocenters. The number of ether oxygens (including phenoxy) is 2. The maximum absolute atomic E-state index is 14.0. The maximum atomic E-state index is 14.0. The van der Waals surface area contributed by atoms with Gasteiger partial charge in [0.1, 0.15) is 6.10 Å². The summed E-state index contributed by atoms with van der Waals surface area (Å²) in [4.78, 5) is 0. The van der Waals surface area contributed by atoms with Crippen LogP contribution in [0.1, 0.15) is 50.7 Å². The van der Waals surface area contributed by atoms with Gasteiger partial charge in [-0.05, 0) is 43.9 Å². The van der Waals surface area contributed by atoms with E-state index in [9.17, 15) is 9.50 Å². The number of aliphatic hydroxyl groups is 1. The second kappa shape index (κ2) is 5.34. The Morgan fingerprint density at radius 1 is 1.45 bits per heavy atom. The summed E-state index contributed by atoms with van der Waals surface area (Å²) in [6.45, 7) is 2.31. The first-order valence-electron chi connectivity index (χ1n) is 7.36. The highest BCUT2D eigenvalue weighted by atomic mass is 19.1. The molecule has 1 aromatic rings. The predicted molar refractivity (Wildman–Crippen MR) is 73.2 cm³/mol. The van der Waals surface area contributed by atoms with Gasteiger partial charge in [0.05, 0.1) is 18.3 Å². The van der Waals surface area contributed by atoms with Gasteiger partial charge in [-0.15, -0.1) is 0 Å². The summed E-state index contributed by atoms with van der Waals surface area (Å²) in [7, 11) is 0. The first kappa shape index (κ1) is 13.8. The minimum absolute atomic E-state index is 0.00105. The molecule has 0 bridgehead atoms. The number of hydrogen-bond acceptors (Lipinski definition) is 3. The number of hydrogen-bond donors (Lipinski definition) is 1. The monoisotopic (exact) mass is 280 g/mol. The second-order valence-corrected chi connectivity index (χ2v) is 5.98. The fraction of sp³-hybridized carbons (Fsp3) is 0.625. The van der Waals surface area contributed by atoms with Gasteiger partial charge >= 0.3 is 0 Å². The Morgan fingerprint density at radius 3 is 2.85 bits per heavy atom. The zero-order valence-electron chi connectivity index (χ0n) is 11.8. The van der Waals surface area contributed by atoms with Crippen LogP contribution < -0.4 is 4.74 Å². The first-order valence-corrected chi connectivity index (χ1v) is 7.36. The third-order valence-corrected chi connectivity index (χ3v) is 4.44. The second-order valence-electron chi connectivity index (χ2n) is 5.98. The summed E-state index contributed by atoms with van der Waals surface area (Å²) in [6, 6.07) is 4.67. The average Bonchev–Trinajstić information content (AvgIpc) is 2.39. The number of rotatable bonds is 3. The van der Waals surface area contributed by atoms with Crippen molar-refractivity contribution < 1.29 is 19.0 Å². The molecule has 20 heavy (non-hydrogen) atoms. The van der Waals surface area contributed by atoms with Crippen LogP contribution in [-0.4, -0.2) is 23.4 Å². The summed E-state index contributed by atoms with van der Waals surface area (Å²) < 4.78 is 25.6. The summed E-state index contributed by atoms with van der Waals surface area (Å²) in [5.74, 6) is -0.131. The minimum atomic E-state index is -0.667. The Bertz CT molecular complexity index is 483. The number of benzene rings is 1. The molecule has 1 aliphatic carbocycles. The van der Waals surface area contributed by atoms with E-state index >= 15 is 0 Å². The summed E-state index contributed by atoms with van der Waals surface area (Å²) >= 11 is 0. The van der Waals surface area contributed by atoms with Crippen LogP contribution in [0.3, 0.4) is 0 Å². The van der Waals surface area contributed by atoms with E-state index in [0.717, 1.165) is 25.7 Å². The molecule has 0 amide bonds. The lowest BCUT2D eigenvalue weighted by molar-refractivity contribution is -0.153. The van der Waals surface area contributed by atoms with Gasteiger partial charge in [-0.25, -0.2) is 4.39 Å². The lowest BCUT2D eigenvalue weighted by atomic mass is 9.74. The lowest BCUT2D eigenvalue weighted by Gasteiger charge is -2.46. The molecule has 4 heteroatoms. The van der Waals surface area contributed by atoms with Gasteiger partial charge in [0.15, 0.2) is 11.6 Å². The van der Waals surface area contributed by atoms with E-state index in [1.165, 1.54) is 12.5 Å². The van der Waals surface area contributed by atoms with E-state index in [1.54, 1.807) is 19.1 Å². The van der Waals surface area contributed by atoms with Gasteiger partial charge in [0, 0.05) is 12.8 Å². The topological polar surface area (TPSA) is 38.7 Å². The number of aliphatic hydroxyl groups excluding tert-OH is 1. The largest absolute Gasteiger partial charge is 0.487 e. The summed E-state index contributed by atoms with van der Waals surface area (Å²) in [6.07, 6.45) is 4.41. The number of halogens is 1. The maximum Gasteiger partial charge on any atom is 0.165 e. The van der Waals surface area contributed by atoms with Gasteiger partial charge < -0.3 is 14.6 Å². The van der Waals surface area contributed by atoms with E-state index < -0.39 is 11.9 Å². The Kier molecular flexibility index (Phi) is 3.69. The standard InChI is InChI=1S/C16H21FO3/c1-11(18)12-3-4-15(14(17)9-12)20-13-5-8-19-16(10-13)6-2-7-16/h3-4,9,11,13,18H,2,5-8,10H2,1H3/t11-,13?/m1/s1. The van der Waals surface area contributed by atoms with E-state index in [0.29, 0.717) is 12.2 Å². The lowest BCUT2D eigenvalue weighted by Crippen LogP contribution is -2.48. The molecule has 1 saturated carbocycles. The molecule has 2 aliphatic rings. The van der Waals surface area contributed by atoms with Crippen LogP contribution in [-0.2, 0) is 4.74 Å². The van der Waals surface area contributed by atoms with Crippen molar-refractivity contribution in [3.05, 3.63) is 29.6 Å². The quantitative estimate of drug-likeness (QED) is 0.922. The molecule has 1 heterocycles. The molecule has 3 rings (SSSR count). The van der Waals surface area contributed by atoms with Crippen molar-refractivity contribution in [2.45, 2.75) is 56.8 Å². The average molecular weight is 280 g/mol. The van der Waals surface area contributed by atoms with Gasteiger partial charge in [-0.1, -0.05) is 6.07 Å². The van der Waals surface area contributed by atoms with Crippen molar-refractivity contribution in [1.82, 2.24) is 0 Å². The Labute approximate surface area is 118 Å². The highest BCUT2D eigenvalue weighted by Crippen LogP contribution is 2.43. The molecular weight excluding hydrogens is 259 g/mol. The molecule has 3 nitrogen and oxygen atoms in total. The molecule has 110 valence electrons. The zero-order chi connectivity index (χ0) is 14.2. The first-order chi connectivity index (χ1) is 9.58. The van der Waals surface area contributed by atoms with Gasteiger partial charge in [-0.2, -0.15) is 0 Å².